The first-order valence-electron chi connectivity index (χ1n) is 12.3. The zero-order valence-electron chi connectivity index (χ0n) is 25.9. The van der Waals surface area contributed by atoms with Gasteiger partial charge in [-0.25, -0.2) is 24.0 Å². The second kappa shape index (κ2) is 28.4. The lowest BCUT2D eigenvalue weighted by molar-refractivity contribution is -0.170. The molecule has 0 rings (SSSR count). The lowest BCUT2D eigenvalue weighted by Crippen LogP contribution is -2.42. The topological polar surface area (TPSA) is 443 Å². The molecule has 0 spiro atoms. The summed E-state index contributed by atoms with van der Waals surface area (Å²) in [5.74, 6) is -16.4. The Bertz CT molecular complexity index is 1270. The van der Waals surface area contributed by atoms with Gasteiger partial charge in [-0.1, -0.05) is 0 Å². The number of ketones is 1. The van der Waals surface area contributed by atoms with Crippen LogP contribution in [-0.4, -0.2) is 140 Å². The van der Waals surface area contributed by atoms with E-state index in [0.717, 1.165) is 20.8 Å². The highest BCUT2D eigenvalue weighted by Crippen LogP contribution is 2.15. The number of Topliss-reactive ketones (excluding diaryl/α,β-unsaturated/α-hetero) is 1. The van der Waals surface area contributed by atoms with Crippen LogP contribution in [0.3, 0.4) is 0 Å². The summed E-state index contributed by atoms with van der Waals surface area (Å²) in [5, 5.41) is 81.6. The molecule has 282 valence electrons. The van der Waals surface area contributed by atoms with Gasteiger partial charge in [0.25, 0.3) is 5.97 Å². The van der Waals surface area contributed by atoms with E-state index in [0.29, 0.717) is 12.2 Å². The second-order valence-electron chi connectivity index (χ2n) is 8.25. The largest absolute Gasteiger partial charge is 0.481 e. The van der Waals surface area contributed by atoms with E-state index in [1.807, 2.05) is 0 Å². The third kappa shape index (κ3) is 43.3. The van der Waals surface area contributed by atoms with Gasteiger partial charge in [0, 0.05) is 32.9 Å². The molecule has 0 heterocycles. The number of aliphatic carboxylic acids is 9. The smallest absolute Gasteiger partial charge is 0.375 e. The SMILES string of the molecule is CC(=O)C(=O)OC(CC(=O)O)C(=O)O.CC(=O)O.CC(=O)OC(=O)CCC(=O)O.O=C(O)/C=C/C(=O)O.O=C(O)CC(O)(CC(=O)O)C(=O)O. The number of aliphatic hydroxyl groups is 1. The van der Waals surface area contributed by atoms with Crippen molar-refractivity contribution < 1.29 is 123 Å². The first kappa shape index (κ1) is 52.7. The number of ether oxygens (including phenoxy) is 2. The van der Waals surface area contributed by atoms with Crippen molar-refractivity contribution in [3.05, 3.63) is 12.2 Å². The summed E-state index contributed by atoms with van der Waals surface area (Å²) in [6.07, 6.45) is -4.47. The van der Waals surface area contributed by atoms with Crippen LogP contribution in [0.2, 0.25) is 0 Å². The molecule has 0 aliphatic heterocycles. The Hall–Kier alpha value is -6.79. The average molecular weight is 733 g/mol. The fourth-order valence-corrected chi connectivity index (χ4v) is 1.83. The van der Waals surface area contributed by atoms with Crippen LogP contribution in [0.25, 0.3) is 0 Å². The van der Waals surface area contributed by atoms with E-state index in [9.17, 15) is 57.5 Å². The summed E-state index contributed by atoms with van der Waals surface area (Å²) in [6.45, 7) is 3.06. The Morgan fingerprint density at radius 2 is 0.980 bits per heavy atom. The first-order valence-corrected chi connectivity index (χ1v) is 12.3. The Morgan fingerprint density at radius 1 is 0.600 bits per heavy atom. The van der Waals surface area contributed by atoms with Crippen molar-refractivity contribution in [3.8, 4) is 0 Å². The molecule has 1 atom stereocenters. The Morgan fingerprint density at radius 3 is 1.20 bits per heavy atom. The zero-order valence-corrected chi connectivity index (χ0v) is 25.9. The molecule has 0 aliphatic rings. The molecule has 0 aromatic heterocycles. The van der Waals surface area contributed by atoms with E-state index in [1.54, 1.807) is 0 Å². The number of esters is 3. The van der Waals surface area contributed by atoms with Crippen molar-refractivity contribution in [1.29, 1.82) is 0 Å². The summed E-state index contributed by atoms with van der Waals surface area (Å²) in [6, 6.07) is 0. The van der Waals surface area contributed by atoms with E-state index >= 15 is 0 Å². The third-order valence-corrected chi connectivity index (χ3v) is 3.63. The van der Waals surface area contributed by atoms with E-state index in [2.05, 4.69) is 9.47 Å². The van der Waals surface area contributed by atoms with E-state index < -0.39 is 108 Å². The summed E-state index contributed by atoms with van der Waals surface area (Å²) >= 11 is 0. The molecule has 25 nitrogen and oxygen atoms in total. The van der Waals surface area contributed by atoms with Crippen molar-refractivity contribution >= 4 is 77.4 Å². The second-order valence-corrected chi connectivity index (χ2v) is 8.25. The summed E-state index contributed by atoms with van der Waals surface area (Å²) < 4.78 is 8.17. The molecule has 0 aliphatic carbocycles. The maximum atomic E-state index is 10.6. The predicted octanol–water partition coefficient (Wildman–Crippen LogP) is -2.46. The number of hydrogen-bond donors (Lipinski definition) is 10. The quantitative estimate of drug-likeness (QED) is 0.0361. The molecular weight excluding hydrogens is 700 g/mol. The lowest BCUT2D eigenvalue weighted by Gasteiger charge is -2.18. The van der Waals surface area contributed by atoms with Gasteiger partial charge in [0.1, 0.15) is 0 Å². The monoisotopic (exact) mass is 732 g/mol. The Kier molecular flexibility index (Phi) is 30.0. The van der Waals surface area contributed by atoms with Gasteiger partial charge in [-0.2, -0.15) is 0 Å². The van der Waals surface area contributed by atoms with Crippen LogP contribution in [0.5, 0.6) is 0 Å². The van der Waals surface area contributed by atoms with Crippen LogP contribution in [0.4, 0.5) is 0 Å². The van der Waals surface area contributed by atoms with Crippen molar-refractivity contribution in [2.75, 3.05) is 0 Å². The number of carboxylic acids is 9. The van der Waals surface area contributed by atoms with Crippen molar-refractivity contribution in [2.45, 2.75) is 64.6 Å². The highest BCUT2D eigenvalue weighted by Gasteiger charge is 2.40. The van der Waals surface area contributed by atoms with Gasteiger partial charge in [0.15, 0.2) is 5.60 Å². The number of carbonyl (C=O) groups excluding carboxylic acids is 4. The molecule has 10 N–H and O–H groups in total. The van der Waals surface area contributed by atoms with Gasteiger partial charge < -0.3 is 60.5 Å². The highest BCUT2D eigenvalue weighted by molar-refractivity contribution is 6.32. The van der Waals surface area contributed by atoms with Gasteiger partial charge in [-0.15, -0.1) is 0 Å². The van der Waals surface area contributed by atoms with Gasteiger partial charge in [0.05, 0.1) is 32.1 Å². The molecule has 25 heteroatoms. The van der Waals surface area contributed by atoms with E-state index in [1.165, 1.54) is 0 Å². The van der Waals surface area contributed by atoms with Gasteiger partial charge in [-0.05, 0) is 0 Å². The average Bonchev–Trinajstić information content (AvgIpc) is 2.89. The minimum Gasteiger partial charge on any atom is -0.481 e. The number of rotatable bonds is 15. The Labute approximate surface area is 277 Å². The van der Waals surface area contributed by atoms with Crippen LogP contribution in [0.15, 0.2) is 12.2 Å². The molecule has 0 saturated carbocycles. The maximum absolute atomic E-state index is 10.6. The number of carbonyl (C=O) groups is 13. The van der Waals surface area contributed by atoms with Gasteiger partial charge in [-0.3, -0.25) is 38.4 Å². The highest BCUT2D eigenvalue weighted by atomic mass is 16.6. The molecular formula is C25H32O25. The van der Waals surface area contributed by atoms with Crippen LogP contribution in [0, 0.1) is 0 Å². The van der Waals surface area contributed by atoms with Crippen molar-refractivity contribution in [2.24, 2.45) is 0 Å². The van der Waals surface area contributed by atoms with Gasteiger partial charge in [0.2, 0.25) is 11.9 Å². The zero-order chi connectivity index (χ0) is 40.9. The molecule has 0 aromatic rings. The molecule has 0 bridgehead atoms. The van der Waals surface area contributed by atoms with Crippen LogP contribution >= 0.6 is 0 Å². The number of carboxylic acid groups (broad SMARTS) is 9. The lowest BCUT2D eigenvalue weighted by atomic mass is 9.96. The first-order chi connectivity index (χ1) is 22.5. The third-order valence-electron chi connectivity index (χ3n) is 3.63. The van der Waals surface area contributed by atoms with Crippen molar-refractivity contribution in [1.82, 2.24) is 0 Å². The van der Waals surface area contributed by atoms with Gasteiger partial charge >= 0.3 is 65.7 Å². The van der Waals surface area contributed by atoms with E-state index in [-0.39, 0.29) is 12.8 Å². The Balaban J connectivity index is -0.000000176. The molecule has 0 radical (unpaired) electrons. The summed E-state index contributed by atoms with van der Waals surface area (Å²) in [7, 11) is 0. The van der Waals surface area contributed by atoms with Crippen LogP contribution < -0.4 is 0 Å². The fourth-order valence-electron chi connectivity index (χ4n) is 1.83. The van der Waals surface area contributed by atoms with E-state index in [4.69, 9.17) is 55.9 Å². The molecule has 0 amide bonds. The molecule has 1 unspecified atom stereocenters. The molecule has 0 aromatic carbocycles. The standard InChI is InChI=1S/C7H8O7.C6H8O7.C6H8O5.C4H4O4.C2H4O2/c1-3(8)7(13)14-4(6(11)12)2-5(9)10;7-3(8)1-6(13,5(11)12)2-4(9)10;1-4(7)11-6(10)3-2-5(8)9;5-3(6)1-2-4(7)8;1-2(3)4/h4H,2H2,1H3,(H,9,10)(H,11,12);13H,1-2H2,(H,7,8)(H,9,10)(H,11,12);2-3H2,1H3,(H,8,9);1-2H,(H,5,6)(H,7,8);1H3,(H,3,4)/b;;;2-1+;. The number of hydrogen-bond acceptors (Lipinski definition) is 16. The minimum absolute atomic E-state index is 0.269. The summed E-state index contributed by atoms with van der Waals surface area (Å²) in [4.78, 5) is 130. The summed E-state index contributed by atoms with van der Waals surface area (Å²) in [5.41, 5.74) is -2.74. The molecule has 50 heavy (non-hydrogen) atoms. The maximum Gasteiger partial charge on any atom is 0.375 e. The predicted molar refractivity (Wildman–Crippen MR) is 149 cm³/mol. The normalized spacial score (nSPS) is 10.0. The minimum atomic E-state index is -2.74. The van der Waals surface area contributed by atoms with Crippen molar-refractivity contribution in [3.63, 3.8) is 0 Å². The van der Waals surface area contributed by atoms with Crippen LogP contribution in [0.1, 0.15) is 52.9 Å². The molecule has 0 fully saturated rings. The van der Waals surface area contributed by atoms with Crippen LogP contribution in [-0.2, 0) is 71.8 Å². The molecule has 0 saturated heterocycles. The fraction of sp³-hybridized carbons (Fsp3) is 0.400.